The molecule has 1 atom stereocenters. The normalized spacial score (nSPS) is 13.2. The second kappa shape index (κ2) is 4.71. The average Bonchev–Trinajstić information content (AvgIpc) is 2.17. The molecule has 0 bridgehead atoms. The smallest absolute Gasteiger partial charge is 0.120 e. The van der Waals surface area contributed by atoms with Gasteiger partial charge < -0.3 is 10.8 Å². The van der Waals surface area contributed by atoms with E-state index in [1.165, 1.54) is 0 Å². The van der Waals surface area contributed by atoms with E-state index in [0.717, 1.165) is 10.5 Å². The number of benzene rings is 1. The predicted molar refractivity (Wildman–Crippen MR) is 61.7 cm³/mol. The Morgan fingerprint density at radius 2 is 2.00 bits per heavy atom. The molecule has 3 N–H and O–H groups in total. The van der Waals surface area contributed by atoms with Gasteiger partial charge in [-0.05, 0) is 30.4 Å². The van der Waals surface area contributed by atoms with Crippen molar-refractivity contribution in [2.45, 2.75) is 24.8 Å². The van der Waals surface area contributed by atoms with Crippen LogP contribution < -0.4 is 5.73 Å². The van der Waals surface area contributed by atoms with Crippen molar-refractivity contribution in [3.8, 4) is 5.75 Å². The van der Waals surface area contributed by atoms with E-state index in [0.29, 0.717) is 11.7 Å². The largest absolute Gasteiger partial charge is 0.508 e. The lowest BCUT2D eigenvalue weighted by molar-refractivity contribution is 0.439. The van der Waals surface area contributed by atoms with Gasteiger partial charge in [-0.15, -0.1) is 11.8 Å². The Morgan fingerprint density at radius 1 is 1.36 bits per heavy atom. The van der Waals surface area contributed by atoms with Gasteiger partial charge in [-0.1, -0.05) is 13.8 Å². The van der Waals surface area contributed by atoms with Crippen LogP contribution in [0.3, 0.4) is 0 Å². The summed E-state index contributed by atoms with van der Waals surface area (Å²) in [6.45, 7) is 4.10. The van der Waals surface area contributed by atoms with Crippen LogP contribution in [0.5, 0.6) is 5.75 Å². The minimum atomic E-state index is -0.0953. The predicted octanol–water partition coefficient (Wildman–Crippen LogP) is 2.77. The van der Waals surface area contributed by atoms with Gasteiger partial charge >= 0.3 is 0 Å². The zero-order valence-corrected chi connectivity index (χ0v) is 9.64. The Kier molecular flexibility index (Phi) is 3.84. The van der Waals surface area contributed by atoms with Gasteiger partial charge in [0.2, 0.25) is 0 Å². The van der Waals surface area contributed by atoms with Crippen LogP contribution in [0.4, 0.5) is 0 Å². The first-order valence-electron chi connectivity index (χ1n) is 4.68. The lowest BCUT2D eigenvalue weighted by Crippen LogP contribution is -2.16. The van der Waals surface area contributed by atoms with Crippen LogP contribution in [0, 0.1) is 5.92 Å². The van der Waals surface area contributed by atoms with E-state index in [4.69, 9.17) is 5.73 Å². The first kappa shape index (κ1) is 11.4. The standard InChI is InChI=1S/C11H17NOS/c1-7(2)11(12)9-6-8(14-3)4-5-10(9)13/h4-7,11,13H,12H2,1-3H3/t11-/m0/s1. The third kappa shape index (κ3) is 2.42. The fraction of sp³-hybridized carbons (Fsp3) is 0.455. The van der Waals surface area contributed by atoms with Gasteiger partial charge in [0.25, 0.3) is 0 Å². The zero-order valence-electron chi connectivity index (χ0n) is 8.82. The lowest BCUT2D eigenvalue weighted by Gasteiger charge is -2.17. The van der Waals surface area contributed by atoms with Gasteiger partial charge in [0.05, 0.1) is 0 Å². The first-order valence-corrected chi connectivity index (χ1v) is 5.91. The summed E-state index contributed by atoms with van der Waals surface area (Å²) in [5, 5.41) is 9.66. The summed E-state index contributed by atoms with van der Waals surface area (Å²) in [4.78, 5) is 1.13. The Morgan fingerprint density at radius 3 is 2.50 bits per heavy atom. The maximum absolute atomic E-state index is 9.66. The van der Waals surface area contributed by atoms with Crippen LogP contribution in [0.25, 0.3) is 0 Å². The molecular weight excluding hydrogens is 194 g/mol. The van der Waals surface area contributed by atoms with Crippen molar-refractivity contribution in [2.75, 3.05) is 6.26 Å². The highest BCUT2D eigenvalue weighted by Gasteiger charge is 2.14. The molecule has 1 aromatic carbocycles. The Balaban J connectivity index is 3.05. The highest BCUT2D eigenvalue weighted by Crippen LogP contribution is 2.30. The first-order chi connectivity index (χ1) is 6.56. The lowest BCUT2D eigenvalue weighted by atomic mass is 9.96. The van der Waals surface area contributed by atoms with Gasteiger partial charge in [0.15, 0.2) is 0 Å². The Bertz CT molecular complexity index is 312. The number of aromatic hydroxyl groups is 1. The van der Waals surface area contributed by atoms with Gasteiger partial charge in [-0.2, -0.15) is 0 Å². The average molecular weight is 211 g/mol. The van der Waals surface area contributed by atoms with Crippen molar-refractivity contribution in [1.82, 2.24) is 0 Å². The van der Waals surface area contributed by atoms with Crippen LogP contribution in [0.2, 0.25) is 0 Å². The van der Waals surface area contributed by atoms with E-state index in [9.17, 15) is 5.11 Å². The molecule has 0 spiro atoms. The summed E-state index contributed by atoms with van der Waals surface area (Å²) in [7, 11) is 0. The molecule has 0 heterocycles. The van der Waals surface area contributed by atoms with Gasteiger partial charge in [0, 0.05) is 16.5 Å². The number of thioether (sulfide) groups is 1. The van der Waals surface area contributed by atoms with E-state index in [2.05, 4.69) is 13.8 Å². The fourth-order valence-corrected chi connectivity index (χ4v) is 1.73. The van der Waals surface area contributed by atoms with E-state index >= 15 is 0 Å². The molecule has 1 rings (SSSR count). The number of nitrogens with two attached hydrogens (primary N) is 1. The molecule has 0 aliphatic rings. The maximum atomic E-state index is 9.66. The minimum absolute atomic E-state index is 0.0953. The number of phenolic OH excluding ortho intramolecular Hbond substituents is 1. The summed E-state index contributed by atoms with van der Waals surface area (Å²) in [6.07, 6.45) is 2.01. The summed E-state index contributed by atoms with van der Waals surface area (Å²) in [6, 6.07) is 5.48. The quantitative estimate of drug-likeness (QED) is 0.756. The number of hydrogen-bond donors (Lipinski definition) is 2. The molecule has 0 unspecified atom stereocenters. The highest BCUT2D eigenvalue weighted by atomic mass is 32.2. The van der Waals surface area contributed by atoms with Crippen LogP contribution >= 0.6 is 11.8 Å². The van der Waals surface area contributed by atoms with Crippen LogP contribution in [-0.2, 0) is 0 Å². The molecule has 3 heteroatoms. The summed E-state index contributed by atoms with van der Waals surface area (Å²) in [5.74, 6) is 0.627. The van der Waals surface area contributed by atoms with E-state index < -0.39 is 0 Å². The second-order valence-electron chi connectivity index (χ2n) is 3.69. The molecule has 0 saturated carbocycles. The number of rotatable bonds is 3. The van der Waals surface area contributed by atoms with Gasteiger partial charge in [-0.25, -0.2) is 0 Å². The number of hydrogen-bond acceptors (Lipinski definition) is 3. The zero-order chi connectivity index (χ0) is 10.7. The molecule has 0 saturated heterocycles. The SMILES string of the molecule is CSc1ccc(O)c([C@@H](N)C(C)C)c1. The van der Waals surface area contributed by atoms with Crippen molar-refractivity contribution >= 4 is 11.8 Å². The van der Waals surface area contributed by atoms with Crippen molar-refractivity contribution in [2.24, 2.45) is 11.7 Å². The van der Waals surface area contributed by atoms with E-state index in [1.54, 1.807) is 17.8 Å². The molecule has 0 radical (unpaired) electrons. The number of phenols is 1. The molecule has 2 nitrogen and oxygen atoms in total. The topological polar surface area (TPSA) is 46.2 Å². The molecule has 0 aliphatic carbocycles. The van der Waals surface area contributed by atoms with Crippen LogP contribution in [0.15, 0.2) is 23.1 Å². The molecule has 0 fully saturated rings. The van der Waals surface area contributed by atoms with E-state index in [1.807, 2.05) is 18.4 Å². The monoisotopic (exact) mass is 211 g/mol. The van der Waals surface area contributed by atoms with Gasteiger partial charge in [-0.3, -0.25) is 0 Å². The summed E-state index contributed by atoms with van der Waals surface area (Å²) in [5.41, 5.74) is 6.83. The van der Waals surface area contributed by atoms with E-state index in [-0.39, 0.29) is 6.04 Å². The van der Waals surface area contributed by atoms with Crippen LogP contribution in [-0.4, -0.2) is 11.4 Å². The minimum Gasteiger partial charge on any atom is -0.508 e. The summed E-state index contributed by atoms with van der Waals surface area (Å²) >= 11 is 1.65. The third-order valence-electron chi connectivity index (χ3n) is 2.31. The van der Waals surface area contributed by atoms with Crippen molar-refractivity contribution in [1.29, 1.82) is 0 Å². The maximum Gasteiger partial charge on any atom is 0.120 e. The Labute approximate surface area is 89.5 Å². The third-order valence-corrected chi connectivity index (χ3v) is 3.04. The molecular formula is C11H17NOS. The highest BCUT2D eigenvalue weighted by molar-refractivity contribution is 7.98. The Hall–Kier alpha value is -0.670. The van der Waals surface area contributed by atoms with Crippen molar-refractivity contribution < 1.29 is 5.11 Å². The van der Waals surface area contributed by atoms with Gasteiger partial charge in [0.1, 0.15) is 5.75 Å². The fourth-order valence-electron chi connectivity index (χ4n) is 1.29. The molecule has 0 aliphatic heterocycles. The molecule has 78 valence electrons. The molecule has 14 heavy (non-hydrogen) atoms. The van der Waals surface area contributed by atoms with Crippen LogP contribution in [0.1, 0.15) is 25.5 Å². The molecule has 0 amide bonds. The summed E-state index contributed by atoms with van der Waals surface area (Å²) < 4.78 is 0. The second-order valence-corrected chi connectivity index (χ2v) is 4.57. The molecule has 0 aromatic heterocycles. The van der Waals surface area contributed by atoms with Crippen molar-refractivity contribution in [3.05, 3.63) is 23.8 Å². The van der Waals surface area contributed by atoms with Crippen molar-refractivity contribution in [3.63, 3.8) is 0 Å². The molecule has 1 aromatic rings.